The molecule has 2 N–H and O–H groups in total. The van der Waals surface area contributed by atoms with Crippen LogP contribution in [0.1, 0.15) is 10.4 Å². The van der Waals surface area contributed by atoms with Gasteiger partial charge in [-0.15, -0.1) is 0 Å². The highest BCUT2D eigenvalue weighted by Gasteiger charge is 2.31. The minimum Gasteiger partial charge on any atom is -0.395 e. The van der Waals surface area contributed by atoms with Crippen LogP contribution in [-0.4, -0.2) is 47.3 Å². The summed E-state index contributed by atoms with van der Waals surface area (Å²) in [6.07, 6.45) is 0. The number of rotatable bonds is 5. The van der Waals surface area contributed by atoms with Gasteiger partial charge in [-0.25, -0.2) is 22.0 Å². The molecule has 1 aromatic carbocycles. The molecule has 20 heavy (non-hydrogen) atoms. The first-order valence-corrected chi connectivity index (χ1v) is 5.39. The number of amides is 1. The third-order valence-corrected chi connectivity index (χ3v) is 2.45. The maximum atomic E-state index is 13.4. The van der Waals surface area contributed by atoms with E-state index in [0.29, 0.717) is 4.90 Å². The highest BCUT2D eigenvalue weighted by atomic mass is 19.2. The third kappa shape index (κ3) is 2.88. The molecule has 0 radical (unpaired) electrons. The fraction of sp³-hybridized carbons (Fsp3) is 0.364. The van der Waals surface area contributed by atoms with Crippen molar-refractivity contribution in [2.75, 3.05) is 26.3 Å². The van der Waals surface area contributed by atoms with Crippen LogP contribution in [0.25, 0.3) is 0 Å². The van der Waals surface area contributed by atoms with E-state index in [4.69, 9.17) is 10.2 Å². The quantitative estimate of drug-likeness (QED) is 0.480. The average Bonchev–Trinajstić information content (AvgIpc) is 2.43. The van der Waals surface area contributed by atoms with Gasteiger partial charge < -0.3 is 15.1 Å². The molecule has 0 fully saturated rings. The van der Waals surface area contributed by atoms with E-state index in [1.165, 1.54) is 0 Å². The Bertz CT molecular complexity index is 488. The lowest BCUT2D eigenvalue weighted by molar-refractivity contribution is 0.0671. The monoisotopic (exact) mass is 299 g/mol. The second kappa shape index (κ2) is 6.62. The van der Waals surface area contributed by atoms with Crippen molar-refractivity contribution in [3.63, 3.8) is 0 Å². The molecular formula is C11H10F5NO3. The molecule has 0 aromatic heterocycles. The Morgan fingerprint density at radius 1 is 0.800 bits per heavy atom. The molecule has 0 unspecified atom stereocenters. The van der Waals surface area contributed by atoms with Gasteiger partial charge in [-0.05, 0) is 0 Å². The van der Waals surface area contributed by atoms with E-state index in [9.17, 15) is 26.7 Å². The number of nitrogens with zero attached hydrogens (tertiary/aromatic N) is 1. The van der Waals surface area contributed by atoms with Crippen LogP contribution >= 0.6 is 0 Å². The molecule has 9 heteroatoms. The first kappa shape index (κ1) is 16.3. The lowest BCUT2D eigenvalue weighted by Crippen LogP contribution is -2.37. The van der Waals surface area contributed by atoms with Gasteiger partial charge in [-0.2, -0.15) is 0 Å². The molecule has 0 spiro atoms. The fourth-order valence-electron chi connectivity index (χ4n) is 1.51. The van der Waals surface area contributed by atoms with Gasteiger partial charge in [0, 0.05) is 13.1 Å². The molecule has 0 atom stereocenters. The second-order valence-corrected chi connectivity index (χ2v) is 3.68. The summed E-state index contributed by atoms with van der Waals surface area (Å²) in [7, 11) is 0. The van der Waals surface area contributed by atoms with Gasteiger partial charge in [-0.1, -0.05) is 0 Å². The molecule has 0 aliphatic carbocycles. The Morgan fingerprint density at radius 2 is 1.15 bits per heavy atom. The number of hydrogen-bond donors (Lipinski definition) is 2. The Balaban J connectivity index is 3.34. The van der Waals surface area contributed by atoms with E-state index in [0.717, 1.165) is 0 Å². The molecule has 0 heterocycles. The SMILES string of the molecule is O=C(c1c(F)c(F)c(F)c(F)c1F)N(CCO)CCO. The van der Waals surface area contributed by atoms with E-state index < -0.39 is 66.9 Å². The van der Waals surface area contributed by atoms with Crippen LogP contribution < -0.4 is 0 Å². The molecule has 0 aliphatic rings. The van der Waals surface area contributed by atoms with Crippen LogP contribution in [0.2, 0.25) is 0 Å². The largest absolute Gasteiger partial charge is 0.395 e. The summed E-state index contributed by atoms with van der Waals surface area (Å²) >= 11 is 0. The van der Waals surface area contributed by atoms with Gasteiger partial charge in [0.2, 0.25) is 5.82 Å². The number of benzene rings is 1. The molecule has 0 saturated carbocycles. The smallest absolute Gasteiger partial charge is 0.260 e. The summed E-state index contributed by atoms with van der Waals surface area (Å²) < 4.78 is 65.6. The first-order valence-electron chi connectivity index (χ1n) is 5.39. The van der Waals surface area contributed by atoms with Crippen molar-refractivity contribution in [2.24, 2.45) is 0 Å². The summed E-state index contributed by atoms with van der Waals surface area (Å²) in [5.41, 5.74) is -1.62. The first-order chi connectivity index (χ1) is 9.36. The van der Waals surface area contributed by atoms with Crippen molar-refractivity contribution in [1.82, 2.24) is 4.90 Å². The minimum absolute atomic E-state index is 0.432. The van der Waals surface area contributed by atoms with Crippen LogP contribution in [0.5, 0.6) is 0 Å². The van der Waals surface area contributed by atoms with Crippen LogP contribution in [0.15, 0.2) is 0 Å². The Labute approximate surface area is 110 Å². The predicted molar refractivity (Wildman–Crippen MR) is 56.3 cm³/mol. The minimum atomic E-state index is -2.37. The van der Waals surface area contributed by atoms with Gasteiger partial charge in [0.1, 0.15) is 5.56 Å². The summed E-state index contributed by atoms with van der Waals surface area (Å²) in [5.74, 6) is -12.9. The molecule has 1 aromatic rings. The van der Waals surface area contributed by atoms with Gasteiger partial charge in [-0.3, -0.25) is 4.79 Å². The molecule has 1 rings (SSSR count). The summed E-state index contributed by atoms with van der Waals surface area (Å²) in [4.78, 5) is 12.3. The van der Waals surface area contributed by atoms with Crippen molar-refractivity contribution in [1.29, 1.82) is 0 Å². The number of carbonyl (C=O) groups excluding carboxylic acids is 1. The molecule has 0 saturated heterocycles. The summed E-state index contributed by atoms with van der Waals surface area (Å²) in [6.45, 7) is -2.08. The van der Waals surface area contributed by atoms with Crippen molar-refractivity contribution in [3.8, 4) is 0 Å². The number of aliphatic hydroxyl groups excluding tert-OH is 2. The molecule has 112 valence electrons. The van der Waals surface area contributed by atoms with Gasteiger partial charge >= 0.3 is 0 Å². The van der Waals surface area contributed by atoms with Crippen LogP contribution in [0, 0.1) is 29.1 Å². The van der Waals surface area contributed by atoms with E-state index in [2.05, 4.69) is 0 Å². The fourth-order valence-corrected chi connectivity index (χ4v) is 1.51. The molecule has 0 bridgehead atoms. The second-order valence-electron chi connectivity index (χ2n) is 3.68. The van der Waals surface area contributed by atoms with E-state index in [1.807, 2.05) is 0 Å². The maximum Gasteiger partial charge on any atom is 0.260 e. The summed E-state index contributed by atoms with van der Waals surface area (Å²) in [6, 6.07) is 0. The zero-order chi connectivity index (χ0) is 15.4. The van der Waals surface area contributed by atoms with Gasteiger partial charge in [0.25, 0.3) is 5.91 Å². The lowest BCUT2D eigenvalue weighted by atomic mass is 10.1. The van der Waals surface area contributed by atoms with Crippen LogP contribution in [0.3, 0.4) is 0 Å². The van der Waals surface area contributed by atoms with E-state index >= 15 is 0 Å². The molecule has 4 nitrogen and oxygen atoms in total. The normalized spacial score (nSPS) is 10.8. The number of hydrogen-bond acceptors (Lipinski definition) is 3. The topological polar surface area (TPSA) is 60.8 Å². The predicted octanol–water partition coefficient (Wildman–Crippen LogP) is 0.809. The highest BCUT2D eigenvalue weighted by Crippen LogP contribution is 2.24. The highest BCUT2D eigenvalue weighted by molar-refractivity contribution is 5.94. The van der Waals surface area contributed by atoms with Crippen molar-refractivity contribution in [2.45, 2.75) is 0 Å². The third-order valence-electron chi connectivity index (χ3n) is 2.45. The molecular weight excluding hydrogens is 289 g/mol. The number of halogens is 5. The molecule has 0 aliphatic heterocycles. The molecule has 1 amide bonds. The standard InChI is InChI=1S/C11H10F5NO3/c12-6-5(7(13)9(15)10(16)8(6)14)11(20)17(1-3-18)2-4-19/h18-19H,1-4H2. The number of carbonyl (C=O) groups is 1. The summed E-state index contributed by atoms with van der Waals surface area (Å²) in [5, 5.41) is 17.4. The van der Waals surface area contributed by atoms with Crippen LogP contribution in [-0.2, 0) is 0 Å². The zero-order valence-corrected chi connectivity index (χ0v) is 9.97. The van der Waals surface area contributed by atoms with Crippen molar-refractivity contribution in [3.05, 3.63) is 34.6 Å². The zero-order valence-electron chi connectivity index (χ0n) is 9.97. The van der Waals surface area contributed by atoms with E-state index in [1.54, 1.807) is 0 Å². The Morgan fingerprint density at radius 3 is 1.50 bits per heavy atom. The Kier molecular flexibility index (Phi) is 5.40. The maximum absolute atomic E-state index is 13.4. The van der Waals surface area contributed by atoms with E-state index in [-0.39, 0.29) is 0 Å². The van der Waals surface area contributed by atoms with Gasteiger partial charge in [0.05, 0.1) is 13.2 Å². The van der Waals surface area contributed by atoms with Crippen LogP contribution in [0.4, 0.5) is 22.0 Å². The Hall–Kier alpha value is -1.74. The lowest BCUT2D eigenvalue weighted by Gasteiger charge is -2.21. The average molecular weight is 299 g/mol. The van der Waals surface area contributed by atoms with Crippen molar-refractivity contribution < 1.29 is 37.0 Å². The van der Waals surface area contributed by atoms with Gasteiger partial charge in [0.15, 0.2) is 23.3 Å². The van der Waals surface area contributed by atoms with Crippen molar-refractivity contribution >= 4 is 5.91 Å². The number of aliphatic hydroxyl groups is 2.